The molecule has 0 aromatic heterocycles. The molecule has 0 aliphatic rings. The third kappa shape index (κ3) is 5.64. The number of hydrogen-bond donors (Lipinski definition) is 2. The van der Waals surface area contributed by atoms with E-state index in [0.29, 0.717) is 18.4 Å². The number of guanidine groups is 1. The largest absolute Gasteiger partial charge is 0.496 e. The van der Waals surface area contributed by atoms with Crippen LogP contribution in [0.2, 0.25) is 0 Å². The first-order valence-corrected chi connectivity index (χ1v) is 6.70. The van der Waals surface area contributed by atoms with Crippen LogP contribution >= 0.6 is 0 Å². The Labute approximate surface area is 116 Å². The highest BCUT2D eigenvalue weighted by Crippen LogP contribution is 2.20. The quantitative estimate of drug-likeness (QED) is 0.612. The van der Waals surface area contributed by atoms with Gasteiger partial charge in [0.05, 0.1) is 13.7 Å². The summed E-state index contributed by atoms with van der Waals surface area (Å²) in [5.74, 6) is 2.01. The molecule has 0 spiro atoms. The predicted octanol–water partition coefficient (Wildman–Crippen LogP) is 2.45. The first-order valence-electron chi connectivity index (χ1n) is 6.70. The van der Waals surface area contributed by atoms with Gasteiger partial charge in [0, 0.05) is 12.1 Å². The molecule has 0 saturated heterocycles. The Hall–Kier alpha value is -1.71. The average molecular weight is 263 g/mol. The smallest absolute Gasteiger partial charge is 0.188 e. The van der Waals surface area contributed by atoms with Crippen LogP contribution in [-0.4, -0.2) is 19.6 Å². The van der Waals surface area contributed by atoms with Gasteiger partial charge >= 0.3 is 0 Å². The van der Waals surface area contributed by atoms with Gasteiger partial charge in [0.2, 0.25) is 0 Å². The third-order valence-electron chi connectivity index (χ3n) is 2.89. The van der Waals surface area contributed by atoms with E-state index in [0.717, 1.165) is 24.3 Å². The number of aliphatic imine (C=N–C) groups is 1. The van der Waals surface area contributed by atoms with Gasteiger partial charge < -0.3 is 15.8 Å². The Balaban J connectivity index is 2.55. The lowest BCUT2D eigenvalue weighted by Crippen LogP contribution is -2.32. The standard InChI is InChI=1S/C15H25N3O/c1-11(2)7-8-17-15(16)18-10-13-6-5-12(3)9-14(13)19-4/h5-6,9,11H,7-8,10H2,1-4H3,(H3,16,17,18). The molecule has 0 aliphatic carbocycles. The van der Waals surface area contributed by atoms with E-state index in [2.05, 4.69) is 30.2 Å². The van der Waals surface area contributed by atoms with Crippen LogP contribution in [0.5, 0.6) is 5.75 Å². The summed E-state index contributed by atoms with van der Waals surface area (Å²) in [6.45, 7) is 7.80. The molecule has 0 fully saturated rings. The normalized spacial score (nSPS) is 11.7. The van der Waals surface area contributed by atoms with Crippen LogP contribution in [0.3, 0.4) is 0 Å². The van der Waals surface area contributed by atoms with Crippen molar-refractivity contribution >= 4 is 5.96 Å². The van der Waals surface area contributed by atoms with Crippen molar-refractivity contribution < 1.29 is 4.74 Å². The monoisotopic (exact) mass is 263 g/mol. The van der Waals surface area contributed by atoms with Crippen molar-refractivity contribution in [3.05, 3.63) is 29.3 Å². The fraction of sp³-hybridized carbons (Fsp3) is 0.533. The topological polar surface area (TPSA) is 59.6 Å². The predicted molar refractivity (Wildman–Crippen MR) is 80.5 cm³/mol. The number of hydrogen-bond acceptors (Lipinski definition) is 2. The first kappa shape index (κ1) is 15.3. The Morgan fingerprint density at radius 3 is 2.79 bits per heavy atom. The summed E-state index contributed by atoms with van der Waals surface area (Å²) in [5.41, 5.74) is 8.04. The first-order chi connectivity index (χ1) is 9.02. The van der Waals surface area contributed by atoms with Crippen molar-refractivity contribution in [1.82, 2.24) is 5.32 Å². The second-order valence-electron chi connectivity index (χ2n) is 5.13. The summed E-state index contributed by atoms with van der Waals surface area (Å²) in [7, 11) is 1.67. The van der Waals surface area contributed by atoms with Gasteiger partial charge in [-0.1, -0.05) is 26.0 Å². The summed E-state index contributed by atoms with van der Waals surface area (Å²) >= 11 is 0. The Morgan fingerprint density at radius 1 is 1.42 bits per heavy atom. The van der Waals surface area contributed by atoms with Crippen molar-refractivity contribution in [3.8, 4) is 5.75 Å². The maximum atomic E-state index is 5.83. The van der Waals surface area contributed by atoms with Gasteiger partial charge in [-0.2, -0.15) is 0 Å². The van der Waals surface area contributed by atoms with Gasteiger partial charge in [-0.25, -0.2) is 4.99 Å². The van der Waals surface area contributed by atoms with Crippen LogP contribution in [0, 0.1) is 12.8 Å². The van der Waals surface area contributed by atoms with E-state index in [1.165, 1.54) is 5.56 Å². The Kier molecular flexibility index (Phi) is 6.19. The van der Waals surface area contributed by atoms with E-state index in [4.69, 9.17) is 10.5 Å². The van der Waals surface area contributed by atoms with E-state index in [1.54, 1.807) is 7.11 Å². The highest BCUT2D eigenvalue weighted by molar-refractivity contribution is 5.77. The minimum Gasteiger partial charge on any atom is -0.496 e. The molecule has 3 N–H and O–H groups in total. The van der Waals surface area contributed by atoms with E-state index < -0.39 is 0 Å². The molecule has 0 saturated carbocycles. The number of nitrogens with zero attached hydrogens (tertiary/aromatic N) is 1. The van der Waals surface area contributed by atoms with Crippen LogP contribution in [-0.2, 0) is 6.54 Å². The maximum Gasteiger partial charge on any atom is 0.188 e. The number of nitrogens with two attached hydrogens (primary N) is 1. The van der Waals surface area contributed by atoms with Gasteiger partial charge in [0.25, 0.3) is 0 Å². The fourth-order valence-electron chi connectivity index (χ4n) is 1.70. The molecule has 0 heterocycles. The Bertz CT molecular complexity index is 427. The zero-order valence-electron chi connectivity index (χ0n) is 12.4. The molecule has 0 atom stereocenters. The summed E-state index contributed by atoms with van der Waals surface area (Å²) in [6.07, 6.45) is 1.09. The lowest BCUT2D eigenvalue weighted by molar-refractivity contribution is 0.409. The molecule has 0 unspecified atom stereocenters. The van der Waals surface area contributed by atoms with Gasteiger partial charge in [0.15, 0.2) is 5.96 Å². The molecule has 0 radical (unpaired) electrons. The van der Waals surface area contributed by atoms with Crippen molar-refractivity contribution in [3.63, 3.8) is 0 Å². The second kappa shape index (κ2) is 7.67. The van der Waals surface area contributed by atoms with Crippen LogP contribution in [0.4, 0.5) is 0 Å². The molecular weight excluding hydrogens is 238 g/mol. The van der Waals surface area contributed by atoms with Gasteiger partial charge in [-0.05, 0) is 30.9 Å². The zero-order valence-corrected chi connectivity index (χ0v) is 12.4. The lowest BCUT2D eigenvalue weighted by atomic mass is 10.1. The van der Waals surface area contributed by atoms with E-state index >= 15 is 0 Å². The molecule has 106 valence electrons. The van der Waals surface area contributed by atoms with Crippen LogP contribution in [0.1, 0.15) is 31.4 Å². The SMILES string of the molecule is COc1cc(C)ccc1CN=C(N)NCCC(C)C. The molecule has 4 nitrogen and oxygen atoms in total. The van der Waals surface area contributed by atoms with E-state index in [-0.39, 0.29) is 0 Å². The summed E-state index contributed by atoms with van der Waals surface area (Å²) in [5, 5.41) is 3.12. The summed E-state index contributed by atoms with van der Waals surface area (Å²) in [4.78, 5) is 4.33. The number of ether oxygens (including phenoxy) is 1. The van der Waals surface area contributed by atoms with E-state index in [1.807, 2.05) is 19.1 Å². The number of benzene rings is 1. The van der Waals surface area contributed by atoms with Crippen LogP contribution in [0.25, 0.3) is 0 Å². The van der Waals surface area contributed by atoms with Gasteiger partial charge in [0.1, 0.15) is 5.75 Å². The number of rotatable bonds is 6. The van der Waals surface area contributed by atoms with Crippen LogP contribution < -0.4 is 15.8 Å². The minimum absolute atomic E-state index is 0.489. The number of aryl methyl sites for hydroxylation is 1. The van der Waals surface area contributed by atoms with Crippen molar-refractivity contribution in [2.75, 3.05) is 13.7 Å². The van der Waals surface area contributed by atoms with E-state index in [9.17, 15) is 0 Å². The Morgan fingerprint density at radius 2 is 2.16 bits per heavy atom. The van der Waals surface area contributed by atoms with Crippen LogP contribution in [0.15, 0.2) is 23.2 Å². The molecule has 1 aromatic rings. The molecule has 1 aromatic carbocycles. The molecule has 4 heteroatoms. The highest BCUT2D eigenvalue weighted by Gasteiger charge is 2.02. The van der Waals surface area contributed by atoms with Gasteiger partial charge in [-0.3, -0.25) is 0 Å². The van der Waals surface area contributed by atoms with Gasteiger partial charge in [-0.15, -0.1) is 0 Å². The van der Waals surface area contributed by atoms with Crippen molar-refractivity contribution in [2.24, 2.45) is 16.6 Å². The lowest BCUT2D eigenvalue weighted by Gasteiger charge is -2.09. The third-order valence-corrected chi connectivity index (χ3v) is 2.89. The number of methoxy groups -OCH3 is 1. The zero-order chi connectivity index (χ0) is 14.3. The number of nitrogens with one attached hydrogen (secondary N) is 1. The average Bonchev–Trinajstić information content (AvgIpc) is 2.36. The molecule has 19 heavy (non-hydrogen) atoms. The highest BCUT2D eigenvalue weighted by atomic mass is 16.5. The molecule has 0 amide bonds. The molecular formula is C15H25N3O. The fourth-order valence-corrected chi connectivity index (χ4v) is 1.70. The second-order valence-corrected chi connectivity index (χ2v) is 5.13. The molecule has 0 aliphatic heterocycles. The van der Waals surface area contributed by atoms with Crippen molar-refractivity contribution in [1.29, 1.82) is 0 Å². The summed E-state index contributed by atoms with van der Waals surface area (Å²) in [6, 6.07) is 6.09. The van der Waals surface area contributed by atoms with Crippen molar-refractivity contribution in [2.45, 2.75) is 33.7 Å². The maximum absolute atomic E-state index is 5.83. The summed E-state index contributed by atoms with van der Waals surface area (Å²) < 4.78 is 5.34. The minimum atomic E-state index is 0.489. The molecule has 1 rings (SSSR count). The molecule has 0 bridgehead atoms.